The Kier molecular flexibility index (Phi) is 2.41. The fourth-order valence-electron chi connectivity index (χ4n) is 1.14. The molecule has 0 aliphatic heterocycles. The van der Waals surface area contributed by atoms with Gasteiger partial charge >= 0.3 is 0 Å². The van der Waals surface area contributed by atoms with Crippen LogP contribution in [0.15, 0.2) is 24.7 Å². The highest BCUT2D eigenvalue weighted by atomic mass is 32.1. The summed E-state index contributed by atoms with van der Waals surface area (Å²) in [7, 11) is 0. The lowest BCUT2D eigenvalue weighted by Gasteiger charge is -1.96. The average Bonchev–Trinajstić information content (AvgIpc) is 2.75. The summed E-state index contributed by atoms with van der Waals surface area (Å²) in [5, 5.41) is 4.05. The number of Topliss-reactive ketones (excluding diaryl/α,β-unsaturated/α-hetero) is 1. The van der Waals surface area contributed by atoms with Crippen LogP contribution in [0.25, 0.3) is 0 Å². The number of aromatic nitrogens is 3. The van der Waals surface area contributed by atoms with Gasteiger partial charge in [0.15, 0.2) is 5.78 Å². The number of rotatable bonds is 3. The molecule has 0 amide bonds. The molecule has 72 valence electrons. The molecular formula is C9H9N3OS. The largest absolute Gasteiger partial charge is 0.291 e. The third-order valence-corrected chi connectivity index (χ3v) is 2.57. The molecule has 5 heteroatoms. The average molecular weight is 207 g/mol. The Balaban J connectivity index is 2.09. The van der Waals surface area contributed by atoms with Crippen molar-refractivity contribution >= 4 is 17.3 Å². The Bertz CT molecular complexity index is 433. The molecule has 0 spiro atoms. The second kappa shape index (κ2) is 3.71. The Morgan fingerprint density at radius 3 is 3.07 bits per heavy atom. The lowest BCUT2D eigenvalue weighted by Crippen LogP contribution is -2.09. The summed E-state index contributed by atoms with van der Waals surface area (Å²) in [6, 6.07) is 1.73. The maximum Gasteiger partial charge on any atom is 0.195 e. The summed E-state index contributed by atoms with van der Waals surface area (Å²) in [5.74, 6) is 0.0515. The molecule has 0 N–H and O–H groups in total. The van der Waals surface area contributed by atoms with Crippen molar-refractivity contribution in [2.24, 2.45) is 0 Å². The van der Waals surface area contributed by atoms with Crippen molar-refractivity contribution in [3.63, 3.8) is 0 Å². The van der Waals surface area contributed by atoms with Gasteiger partial charge in [-0.25, -0.2) is 4.37 Å². The van der Waals surface area contributed by atoms with E-state index in [0.717, 1.165) is 5.56 Å². The summed E-state index contributed by atoms with van der Waals surface area (Å²) in [6.45, 7) is 2.23. The van der Waals surface area contributed by atoms with E-state index in [-0.39, 0.29) is 12.3 Å². The molecule has 0 saturated heterocycles. The zero-order chi connectivity index (χ0) is 9.97. The number of ketones is 1. The van der Waals surface area contributed by atoms with Crippen molar-refractivity contribution in [1.82, 2.24) is 14.2 Å². The zero-order valence-electron chi connectivity index (χ0n) is 7.67. The summed E-state index contributed by atoms with van der Waals surface area (Å²) in [6.07, 6.45) is 5.21. The van der Waals surface area contributed by atoms with E-state index in [1.54, 1.807) is 23.1 Å². The van der Waals surface area contributed by atoms with Crippen LogP contribution in [0.5, 0.6) is 0 Å². The van der Waals surface area contributed by atoms with Gasteiger partial charge in [0.05, 0.1) is 11.1 Å². The fraction of sp³-hybridized carbons (Fsp3) is 0.222. The minimum atomic E-state index is 0.0515. The Hall–Kier alpha value is -1.49. The van der Waals surface area contributed by atoms with E-state index >= 15 is 0 Å². The van der Waals surface area contributed by atoms with Gasteiger partial charge < -0.3 is 0 Å². The second-order valence-electron chi connectivity index (χ2n) is 3.02. The van der Waals surface area contributed by atoms with Crippen LogP contribution in [0.3, 0.4) is 0 Å². The first-order valence-corrected chi connectivity index (χ1v) is 4.96. The summed E-state index contributed by atoms with van der Waals surface area (Å²) in [5.41, 5.74) is 1.06. The van der Waals surface area contributed by atoms with Gasteiger partial charge in [0, 0.05) is 12.4 Å². The SMILES string of the molecule is Cc1cnn(CC(=O)c2ccns2)c1. The zero-order valence-corrected chi connectivity index (χ0v) is 8.49. The first kappa shape index (κ1) is 9.08. The van der Waals surface area contributed by atoms with Gasteiger partial charge in [0.25, 0.3) is 0 Å². The lowest BCUT2D eigenvalue weighted by molar-refractivity contribution is 0.0971. The molecule has 0 saturated carbocycles. The molecule has 14 heavy (non-hydrogen) atoms. The van der Waals surface area contributed by atoms with Gasteiger partial charge in [-0.2, -0.15) is 5.10 Å². The van der Waals surface area contributed by atoms with Gasteiger partial charge in [-0.15, -0.1) is 0 Å². The molecule has 0 aromatic carbocycles. The van der Waals surface area contributed by atoms with Crippen molar-refractivity contribution in [2.45, 2.75) is 13.5 Å². The maximum absolute atomic E-state index is 11.6. The van der Waals surface area contributed by atoms with E-state index in [2.05, 4.69) is 9.47 Å². The number of hydrogen-bond acceptors (Lipinski definition) is 4. The predicted octanol–water partition coefficient (Wildman–Crippen LogP) is 1.53. The van der Waals surface area contributed by atoms with Crippen LogP contribution in [-0.4, -0.2) is 19.9 Å². The number of aryl methyl sites for hydroxylation is 1. The minimum absolute atomic E-state index is 0.0515. The third-order valence-electron chi connectivity index (χ3n) is 1.78. The highest BCUT2D eigenvalue weighted by Gasteiger charge is 2.08. The van der Waals surface area contributed by atoms with Crippen LogP contribution in [0.2, 0.25) is 0 Å². The van der Waals surface area contributed by atoms with E-state index in [9.17, 15) is 4.79 Å². The number of carbonyl (C=O) groups is 1. The standard InChI is InChI=1S/C9H9N3OS/c1-7-4-10-12(5-7)6-8(13)9-2-3-11-14-9/h2-5H,6H2,1H3. The van der Waals surface area contributed by atoms with Gasteiger partial charge in [0.1, 0.15) is 6.54 Å². The second-order valence-corrected chi connectivity index (χ2v) is 3.85. The molecule has 2 aromatic rings. The molecule has 2 rings (SSSR count). The normalized spacial score (nSPS) is 10.4. The van der Waals surface area contributed by atoms with E-state index in [0.29, 0.717) is 4.88 Å². The predicted molar refractivity (Wildman–Crippen MR) is 53.4 cm³/mol. The fourth-order valence-corrected chi connectivity index (χ4v) is 1.66. The maximum atomic E-state index is 11.6. The molecule has 0 atom stereocenters. The Labute approximate surface area is 85.4 Å². The topological polar surface area (TPSA) is 47.8 Å². The summed E-state index contributed by atoms with van der Waals surface area (Å²) < 4.78 is 5.52. The molecule has 2 heterocycles. The van der Waals surface area contributed by atoms with Crippen LogP contribution in [-0.2, 0) is 6.54 Å². The van der Waals surface area contributed by atoms with Crippen molar-refractivity contribution in [1.29, 1.82) is 0 Å². The molecule has 0 aliphatic rings. The van der Waals surface area contributed by atoms with Crippen LogP contribution in [0.4, 0.5) is 0 Å². The third kappa shape index (κ3) is 1.88. The Morgan fingerprint density at radius 1 is 1.64 bits per heavy atom. The molecule has 2 aromatic heterocycles. The first-order valence-electron chi connectivity index (χ1n) is 4.18. The van der Waals surface area contributed by atoms with Crippen LogP contribution in [0.1, 0.15) is 15.2 Å². The number of carbonyl (C=O) groups excluding carboxylic acids is 1. The van der Waals surface area contributed by atoms with E-state index in [1.807, 2.05) is 13.1 Å². The van der Waals surface area contributed by atoms with Crippen molar-refractivity contribution in [3.05, 3.63) is 35.1 Å². The van der Waals surface area contributed by atoms with Gasteiger partial charge in [-0.1, -0.05) is 0 Å². The molecule has 0 radical (unpaired) electrons. The number of nitrogens with zero attached hydrogens (tertiary/aromatic N) is 3. The van der Waals surface area contributed by atoms with Crippen molar-refractivity contribution in [3.8, 4) is 0 Å². The van der Waals surface area contributed by atoms with Crippen LogP contribution < -0.4 is 0 Å². The molecule has 0 fully saturated rings. The van der Waals surface area contributed by atoms with E-state index in [4.69, 9.17) is 0 Å². The van der Waals surface area contributed by atoms with E-state index in [1.165, 1.54) is 11.5 Å². The Morgan fingerprint density at radius 2 is 2.50 bits per heavy atom. The van der Waals surface area contributed by atoms with E-state index < -0.39 is 0 Å². The number of hydrogen-bond donors (Lipinski definition) is 0. The molecular weight excluding hydrogens is 198 g/mol. The highest BCUT2D eigenvalue weighted by molar-refractivity contribution is 7.08. The monoisotopic (exact) mass is 207 g/mol. The summed E-state index contributed by atoms with van der Waals surface area (Å²) in [4.78, 5) is 12.3. The quantitative estimate of drug-likeness (QED) is 0.717. The summed E-state index contributed by atoms with van der Waals surface area (Å²) >= 11 is 1.22. The van der Waals surface area contributed by atoms with Crippen molar-refractivity contribution < 1.29 is 4.79 Å². The minimum Gasteiger partial charge on any atom is -0.291 e. The smallest absolute Gasteiger partial charge is 0.195 e. The van der Waals surface area contributed by atoms with Gasteiger partial charge in [0.2, 0.25) is 0 Å². The molecule has 0 bridgehead atoms. The molecule has 0 aliphatic carbocycles. The highest BCUT2D eigenvalue weighted by Crippen LogP contribution is 2.07. The van der Waals surface area contributed by atoms with Gasteiger partial charge in [-0.3, -0.25) is 9.48 Å². The van der Waals surface area contributed by atoms with Gasteiger partial charge in [-0.05, 0) is 30.1 Å². The first-order chi connectivity index (χ1) is 6.75. The molecule has 4 nitrogen and oxygen atoms in total. The van der Waals surface area contributed by atoms with Crippen molar-refractivity contribution in [2.75, 3.05) is 0 Å². The van der Waals surface area contributed by atoms with Crippen LogP contribution in [0, 0.1) is 6.92 Å². The molecule has 0 unspecified atom stereocenters. The van der Waals surface area contributed by atoms with Crippen LogP contribution >= 0.6 is 11.5 Å². The lowest BCUT2D eigenvalue weighted by atomic mass is 10.3.